The molecule has 0 saturated heterocycles. The van der Waals surface area contributed by atoms with Crippen molar-refractivity contribution in [1.29, 1.82) is 0 Å². The molecular formula is C11H13Cl2NO2. The van der Waals surface area contributed by atoms with Gasteiger partial charge in [0.25, 0.3) is 0 Å². The lowest BCUT2D eigenvalue weighted by Crippen LogP contribution is -2.20. The van der Waals surface area contributed by atoms with Crippen molar-refractivity contribution in [2.75, 3.05) is 11.9 Å². The summed E-state index contributed by atoms with van der Waals surface area (Å²) in [6.45, 7) is 3.68. The van der Waals surface area contributed by atoms with Crippen molar-refractivity contribution in [1.82, 2.24) is 0 Å². The second-order valence-corrected chi connectivity index (χ2v) is 4.36. The average molecular weight is 262 g/mol. The molecule has 0 fully saturated rings. The second-order valence-electron chi connectivity index (χ2n) is 3.52. The molecule has 16 heavy (non-hydrogen) atoms. The van der Waals surface area contributed by atoms with Gasteiger partial charge in [-0.15, -0.1) is 0 Å². The van der Waals surface area contributed by atoms with Crippen molar-refractivity contribution in [2.45, 2.75) is 20.0 Å². The number of anilines is 1. The maximum atomic E-state index is 11.3. The molecule has 0 aliphatic heterocycles. The Hall–Kier alpha value is -0.930. The van der Waals surface area contributed by atoms with E-state index in [4.69, 9.17) is 27.9 Å². The minimum absolute atomic E-state index is 0.0829. The van der Waals surface area contributed by atoms with Gasteiger partial charge in [0, 0.05) is 5.02 Å². The van der Waals surface area contributed by atoms with Crippen LogP contribution in [0.5, 0.6) is 0 Å². The number of hydrogen-bond donors (Lipinski definition) is 1. The third-order valence-electron chi connectivity index (χ3n) is 1.72. The number of benzene rings is 1. The summed E-state index contributed by atoms with van der Waals surface area (Å²) in [4.78, 5) is 11.3. The van der Waals surface area contributed by atoms with Crippen LogP contribution in [-0.2, 0) is 9.53 Å². The Bertz CT molecular complexity index is 380. The van der Waals surface area contributed by atoms with Gasteiger partial charge in [0.2, 0.25) is 0 Å². The third-order valence-corrected chi connectivity index (χ3v) is 2.27. The first-order valence-corrected chi connectivity index (χ1v) is 5.63. The highest BCUT2D eigenvalue weighted by atomic mass is 35.5. The van der Waals surface area contributed by atoms with E-state index in [2.05, 4.69) is 5.32 Å². The number of esters is 1. The van der Waals surface area contributed by atoms with Gasteiger partial charge in [-0.3, -0.25) is 4.79 Å². The van der Waals surface area contributed by atoms with Crippen molar-refractivity contribution in [3.8, 4) is 0 Å². The molecule has 0 aliphatic rings. The van der Waals surface area contributed by atoms with Crippen LogP contribution in [0.2, 0.25) is 10.0 Å². The first kappa shape index (κ1) is 13.1. The van der Waals surface area contributed by atoms with E-state index in [1.165, 1.54) is 0 Å². The summed E-state index contributed by atoms with van der Waals surface area (Å²) in [5, 5.41) is 3.91. The van der Waals surface area contributed by atoms with Crippen LogP contribution in [0.15, 0.2) is 18.2 Å². The van der Waals surface area contributed by atoms with E-state index in [1.54, 1.807) is 32.0 Å². The van der Waals surface area contributed by atoms with Crippen molar-refractivity contribution >= 4 is 34.9 Å². The summed E-state index contributed by atoms with van der Waals surface area (Å²) in [6, 6.07) is 5.02. The van der Waals surface area contributed by atoms with E-state index < -0.39 is 0 Å². The molecule has 1 aromatic carbocycles. The monoisotopic (exact) mass is 261 g/mol. The molecule has 0 unspecified atom stereocenters. The lowest BCUT2D eigenvalue weighted by Gasteiger charge is -2.10. The fourth-order valence-electron chi connectivity index (χ4n) is 1.10. The van der Waals surface area contributed by atoms with Gasteiger partial charge < -0.3 is 10.1 Å². The first-order valence-electron chi connectivity index (χ1n) is 4.87. The van der Waals surface area contributed by atoms with Gasteiger partial charge in [-0.25, -0.2) is 0 Å². The first-order chi connectivity index (χ1) is 7.49. The normalized spacial score (nSPS) is 10.3. The second kappa shape index (κ2) is 5.97. The van der Waals surface area contributed by atoms with Crippen LogP contribution in [0.1, 0.15) is 13.8 Å². The number of nitrogens with one attached hydrogen (secondary N) is 1. The van der Waals surface area contributed by atoms with Crippen LogP contribution >= 0.6 is 23.2 Å². The fourth-order valence-corrected chi connectivity index (χ4v) is 1.58. The quantitative estimate of drug-likeness (QED) is 0.845. The Morgan fingerprint density at radius 1 is 1.44 bits per heavy atom. The SMILES string of the molecule is CC(C)OC(=O)CNc1ccc(Cl)cc1Cl. The highest BCUT2D eigenvalue weighted by Crippen LogP contribution is 2.24. The molecule has 3 nitrogen and oxygen atoms in total. The van der Waals surface area contributed by atoms with Gasteiger partial charge in [-0.2, -0.15) is 0 Å². The molecule has 1 aromatic rings. The molecule has 1 rings (SSSR count). The summed E-state index contributed by atoms with van der Waals surface area (Å²) in [7, 11) is 0. The maximum Gasteiger partial charge on any atom is 0.325 e. The van der Waals surface area contributed by atoms with E-state index in [0.717, 1.165) is 0 Å². The molecule has 0 heterocycles. The minimum atomic E-state index is -0.319. The zero-order valence-corrected chi connectivity index (χ0v) is 10.6. The predicted molar refractivity (Wildman–Crippen MR) is 66.2 cm³/mol. The van der Waals surface area contributed by atoms with E-state index in [-0.39, 0.29) is 18.6 Å². The van der Waals surface area contributed by atoms with Gasteiger partial charge in [-0.1, -0.05) is 23.2 Å². The van der Waals surface area contributed by atoms with E-state index in [0.29, 0.717) is 15.7 Å². The number of hydrogen-bond acceptors (Lipinski definition) is 3. The molecular weight excluding hydrogens is 249 g/mol. The molecule has 88 valence electrons. The van der Waals surface area contributed by atoms with Gasteiger partial charge in [0.05, 0.1) is 16.8 Å². The molecule has 0 spiro atoms. The standard InChI is InChI=1S/C11H13Cl2NO2/c1-7(2)16-11(15)6-14-10-4-3-8(12)5-9(10)13/h3-5,7,14H,6H2,1-2H3. The van der Waals surface area contributed by atoms with Crippen molar-refractivity contribution in [2.24, 2.45) is 0 Å². The number of ether oxygens (including phenoxy) is 1. The highest BCUT2D eigenvalue weighted by molar-refractivity contribution is 6.36. The van der Waals surface area contributed by atoms with Crippen LogP contribution in [-0.4, -0.2) is 18.6 Å². The van der Waals surface area contributed by atoms with Gasteiger partial charge >= 0.3 is 5.97 Å². The Kier molecular flexibility index (Phi) is 4.90. The Labute approximate surface area is 105 Å². The Morgan fingerprint density at radius 2 is 2.12 bits per heavy atom. The van der Waals surface area contributed by atoms with E-state index in [9.17, 15) is 4.79 Å². The summed E-state index contributed by atoms with van der Waals surface area (Å²) < 4.78 is 4.96. The van der Waals surface area contributed by atoms with Crippen molar-refractivity contribution in [3.63, 3.8) is 0 Å². The summed E-state index contributed by atoms with van der Waals surface area (Å²) in [6.07, 6.45) is -0.116. The van der Waals surface area contributed by atoms with E-state index in [1.807, 2.05) is 0 Å². The molecule has 1 N–H and O–H groups in total. The predicted octanol–water partition coefficient (Wildman–Crippen LogP) is 3.36. The number of rotatable bonds is 4. The number of carbonyl (C=O) groups is 1. The fraction of sp³-hybridized carbons (Fsp3) is 0.364. The average Bonchev–Trinajstić information content (AvgIpc) is 2.15. The Balaban J connectivity index is 2.51. The number of halogens is 2. The zero-order valence-electron chi connectivity index (χ0n) is 9.09. The molecule has 0 radical (unpaired) electrons. The van der Waals surface area contributed by atoms with Crippen molar-refractivity contribution in [3.05, 3.63) is 28.2 Å². The lowest BCUT2D eigenvalue weighted by molar-refractivity contribution is -0.145. The minimum Gasteiger partial charge on any atom is -0.462 e. The topological polar surface area (TPSA) is 38.3 Å². The maximum absolute atomic E-state index is 11.3. The number of carbonyl (C=O) groups excluding carboxylic acids is 1. The smallest absolute Gasteiger partial charge is 0.325 e. The summed E-state index contributed by atoms with van der Waals surface area (Å²) in [5.41, 5.74) is 0.659. The zero-order chi connectivity index (χ0) is 12.1. The van der Waals surface area contributed by atoms with Gasteiger partial charge in [-0.05, 0) is 32.0 Å². The van der Waals surface area contributed by atoms with Crippen molar-refractivity contribution < 1.29 is 9.53 Å². The summed E-state index contributed by atoms with van der Waals surface area (Å²) in [5.74, 6) is -0.319. The molecule has 0 bridgehead atoms. The van der Waals surface area contributed by atoms with Crippen LogP contribution in [0, 0.1) is 0 Å². The molecule has 0 aliphatic carbocycles. The molecule has 0 amide bonds. The van der Waals surface area contributed by atoms with Crippen LogP contribution in [0.25, 0.3) is 0 Å². The molecule has 5 heteroatoms. The van der Waals surface area contributed by atoms with E-state index >= 15 is 0 Å². The molecule has 0 atom stereocenters. The van der Waals surface area contributed by atoms with Crippen LogP contribution in [0.4, 0.5) is 5.69 Å². The third kappa shape index (κ3) is 4.29. The summed E-state index contributed by atoms with van der Waals surface area (Å²) >= 11 is 11.7. The van der Waals surface area contributed by atoms with Crippen LogP contribution in [0.3, 0.4) is 0 Å². The van der Waals surface area contributed by atoms with Crippen LogP contribution < -0.4 is 5.32 Å². The highest BCUT2D eigenvalue weighted by Gasteiger charge is 2.06. The molecule has 0 aromatic heterocycles. The van der Waals surface area contributed by atoms with Gasteiger partial charge in [0.15, 0.2) is 0 Å². The Morgan fingerprint density at radius 3 is 2.69 bits per heavy atom. The van der Waals surface area contributed by atoms with Gasteiger partial charge in [0.1, 0.15) is 6.54 Å². The molecule has 0 saturated carbocycles. The lowest BCUT2D eigenvalue weighted by atomic mass is 10.3. The largest absolute Gasteiger partial charge is 0.462 e.